The third-order valence-corrected chi connectivity index (χ3v) is 5.14. The molecule has 1 heterocycles. The van der Waals surface area contributed by atoms with E-state index in [-0.39, 0.29) is 6.42 Å². The molecule has 2 aromatic carbocycles. The summed E-state index contributed by atoms with van der Waals surface area (Å²) >= 11 is 0. The fourth-order valence-electron chi connectivity index (χ4n) is 3.79. The summed E-state index contributed by atoms with van der Waals surface area (Å²) in [5, 5.41) is 3.19. The quantitative estimate of drug-likeness (QED) is 0.737. The van der Waals surface area contributed by atoms with Crippen LogP contribution in [0.2, 0.25) is 0 Å². The molecule has 0 fully saturated rings. The molecule has 0 saturated heterocycles. The van der Waals surface area contributed by atoms with Gasteiger partial charge in [0.1, 0.15) is 5.60 Å². The van der Waals surface area contributed by atoms with Crippen molar-refractivity contribution in [2.45, 2.75) is 38.2 Å². The van der Waals surface area contributed by atoms with Crippen molar-refractivity contribution in [1.29, 1.82) is 0 Å². The second-order valence-electron chi connectivity index (χ2n) is 8.45. The summed E-state index contributed by atoms with van der Waals surface area (Å²) in [6, 6.07) is 18.2. The maximum Gasteiger partial charge on any atom is 0.311 e. The highest BCUT2D eigenvalue weighted by Crippen LogP contribution is 2.40. The van der Waals surface area contributed by atoms with E-state index < -0.39 is 28.8 Å². The monoisotopic (exact) mass is 392 g/mol. The van der Waals surface area contributed by atoms with E-state index in [0.29, 0.717) is 6.54 Å². The zero-order valence-electron chi connectivity index (χ0n) is 17.1. The molecule has 0 radical (unpaired) electrons. The number of hydrogen-bond acceptors (Lipinski definition) is 4. The molecule has 3 rings (SSSR count). The number of amides is 1. The summed E-state index contributed by atoms with van der Waals surface area (Å²) in [5.41, 5.74) is 7.30. The highest BCUT2D eigenvalue weighted by atomic mass is 16.6. The van der Waals surface area contributed by atoms with Crippen molar-refractivity contribution in [2.75, 3.05) is 6.54 Å². The van der Waals surface area contributed by atoms with E-state index in [0.717, 1.165) is 16.7 Å². The van der Waals surface area contributed by atoms with Crippen molar-refractivity contribution >= 4 is 11.9 Å². The van der Waals surface area contributed by atoms with E-state index in [4.69, 9.17) is 10.5 Å². The molecule has 152 valence electrons. The number of esters is 1. The zero-order chi connectivity index (χ0) is 21.1. The van der Waals surface area contributed by atoms with Gasteiger partial charge < -0.3 is 15.8 Å². The number of carbonyl (C=O) groups is 2. The second-order valence-corrected chi connectivity index (χ2v) is 8.45. The molecule has 2 atom stereocenters. The topological polar surface area (TPSA) is 81.4 Å². The molecule has 5 nitrogen and oxygen atoms in total. The van der Waals surface area contributed by atoms with Crippen molar-refractivity contribution in [3.05, 3.63) is 72.4 Å². The first-order chi connectivity index (χ1) is 13.7. The molecular weight excluding hydrogens is 364 g/mol. The molecule has 29 heavy (non-hydrogen) atoms. The minimum Gasteiger partial charge on any atom is -0.460 e. The van der Waals surface area contributed by atoms with Gasteiger partial charge >= 0.3 is 5.97 Å². The Hall–Kier alpha value is -3.08. The van der Waals surface area contributed by atoms with Crippen LogP contribution in [-0.4, -0.2) is 24.0 Å². The van der Waals surface area contributed by atoms with Gasteiger partial charge in [0, 0.05) is 18.4 Å². The van der Waals surface area contributed by atoms with Crippen LogP contribution in [0.4, 0.5) is 0 Å². The summed E-state index contributed by atoms with van der Waals surface area (Å²) in [6.45, 7) is 5.94. The number of ether oxygens (including phenoxy) is 1. The van der Waals surface area contributed by atoms with Gasteiger partial charge in [-0.3, -0.25) is 9.59 Å². The van der Waals surface area contributed by atoms with Gasteiger partial charge in [0.05, 0.1) is 5.92 Å². The van der Waals surface area contributed by atoms with Crippen LogP contribution in [0.1, 0.15) is 32.8 Å². The van der Waals surface area contributed by atoms with Crippen molar-refractivity contribution in [3.8, 4) is 11.1 Å². The van der Waals surface area contributed by atoms with Crippen molar-refractivity contribution in [1.82, 2.24) is 5.32 Å². The Morgan fingerprint density at radius 1 is 1.07 bits per heavy atom. The first kappa shape index (κ1) is 20.6. The summed E-state index contributed by atoms with van der Waals surface area (Å²) < 4.78 is 5.64. The first-order valence-electron chi connectivity index (χ1n) is 9.79. The van der Waals surface area contributed by atoms with Gasteiger partial charge in [-0.05, 0) is 43.7 Å². The lowest BCUT2D eigenvalue weighted by molar-refractivity contribution is -0.163. The zero-order valence-corrected chi connectivity index (χ0v) is 17.1. The first-order valence-corrected chi connectivity index (χ1v) is 9.79. The van der Waals surface area contributed by atoms with Gasteiger partial charge in [0.15, 0.2) is 0 Å². The van der Waals surface area contributed by atoms with Crippen LogP contribution in [-0.2, 0) is 19.7 Å². The molecule has 3 N–H and O–H groups in total. The molecule has 1 amide bonds. The predicted octanol–water partition coefficient (Wildman–Crippen LogP) is 3.54. The standard InChI is InChI=1S/C24H28N2O3/c1-23(2,3)29-22(28)20(15-21(25)27)24(13-14-26-16-24)19-11-9-18(10-12-19)17-7-5-4-6-8-17/h4-14,20,26H,15-16H2,1-3H3,(H2,25,27). The third kappa shape index (κ3) is 4.67. The molecule has 0 saturated carbocycles. The highest BCUT2D eigenvalue weighted by molar-refractivity contribution is 5.84. The summed E-state index contributed by atoms with van der Waals surface area (Å²) in [7, 11) is 0. The number of carbonyl (C=O) groups excluding carboxylic acids is 2. The van der Waals surface area contributed by atoms with E-state index in [1.54, 1.807) is 0 Å². The van der Waals surface area contributed by atoms with Crippen molar-refractivity contribution in [2.24, 2.45) is 11.7 Å². The fourth-order valence-corrected chi connectivity index (χ4v) is 3.79. The minimum atomic E-state index is -0.715. The van der Waals surface area contributed by atoms with Crippen molar-refractivity contribution < 1.29 is 14.3 Å². The average Bonchev–Trinajstić information content (AvgIpc) is 3.16. The molecule has 1 aliphatic heterocycles. The van der Waals surface area contributed by atoms with Gasteiger partial charge in [-0.15, -0.1) is 0 Å². The van der Waals surface area contributed by atoms with Gasteiger partial charge in [-0.2, -0.15) is 0 Å². The number of primary amides is 1. The van der Waals surface area contributed by atoms with E-state index in [1.807, 2.05) is 75.5 Å². The van der Waals surface area contributed by atoms with Gasteiger partial charge in [0.2, 0.25) is 5.91 Å². The SMILES string of the molecule is CC(C)(C)OC(=O)C(CC(N)=O)C1(c2ccc(-c3ccccc3)cc2)C=CNC1. The third-order valence-electron chi connectivity index (χ3n) is 5.14. The Morgan fingerprint density at radius 2 is 1.69 bits per heavy atom. The largest absolute Gasteiger partial charge is 0.460 e. The molecule has 5 heteroatoms. The predicted molar refractivity (Wildman–Crippen MR) is 114 cm³/mol. The number of nitrogens with two attached hydrogens (primary N) is 1. The normalized spacial score (nSPS) is 19.4. The lowest BCUT2D eigenvalue weighted by atomic mass is 9.69. The Bertz CT molecular complexity index is 898. The molecule has 0 aliphatic carbocycles. The van der Waals surface area contributed by atoms with Gasteiger partial charge in [-0.25, -0.2) is 0 Å². The summed E-state index contributed by atoms with van der Waals surface area (Å²) in [5.74, 6) is -1.66. The van der Waals surface area contributed by atoms with Crippen LogP contribution in [0.25, 0.3) is 11.1 Å². The van der Waals surface area contributed by atoms with E-state index in [9.17, 15) is 9.59 Å². The number of hydrogen-bond donors (Lipinski definition) is 2. The number of nitrogens with one attached hydrogen (secondary N) is 1. The molecular formula is C24H28N2O3. The number of benzene rings is 2. The smallest absolute Gasteiger partial charge is 0.311 e. The number of rotatable bonds is 6. The fraction of sp³-hybridized carbons (Fsp3) is 0.333. The Labute approximate surface area is 171 Å². The van der Waals surface area contributed by atoms with Crippen LogP contribution in [0.15, 0.2) is 66.9 Å². The minimum absolute atomic E-state index is 0.0820. The maximum absolute atomic E-state index is 13.1. The molecule has 2 aromatic rings. The van der Waals surface area contributed by atoms with Crippen LogP contribution in [0.3, 0.4) is 0 Å². The molecule has 0 aromatic heterocycles. The van der Waals surface area contributed by atoms with Crippen LogP contribution < -0.4 is 11.1 Å². The summed E-state index contributed by atoms with van der Waals surface area (Å²) in [4.78, 5) is 24.9. The summed E-state index contributed by atoms with van der Waals surface area (Å²) in [6.07, 6.45) is 3.69. The Morgan fingerprint density at radius 3 is 2.21 bits per heavy atom. The molecule has 0 spiro atoms. The second kappa shape index (κ2) is 8.11. The van der Waals surface area contributed by atoms with E-state index in [2.05, 4.69) is 17.4 Å². The Kier molecular flexibility index (Phi) is 5.78. The highest BCUT2D eigenvalue weighted by Gasteiger charge is 2.46. The van der Waals surface area contributed by atoms with E-state index in [1.165, 1.54) is 0 Å². The average molecular weight is 392 g/mol. The molecule has 1 aliphatic rings. The van der Waals surface area contributed by atoms with Crippen LogP contribution in [0.5, 0.6) is 0 Å². The molecule has 2 unspecified atom stereocenters. The van der Waals surface area contributed by atoms with Crippen LogP contribution in [0, 0.1) is 5.92 Å². The maximum atomic E-state index is 13.1. The van der Waals surface area contributed by atoms with Gasteiger partial charge in [-0.1, -0.05) is 60.7 Å². The van der Waals surface area contributed by atoms with Crippen LogP contribution >= 0.6 is 0 Å². The van der Waals surface area contributed by atoms with E-state index >= 15 is 0 Å². The Balaban J connectivity index is 1.99. The lowest BCUT2D eigenvalue weighted by Gasteiger charge is -2.36. The molecule has 0 bridgehead atoms. The van der Waals surface area contributed by atoms with Gasteiger partial charge in [0.25, 0.3) is 0 Å². The van der Waals surface area contributed by atoms with Crippen molar-refractivity contribution in [3.63, 3.8) is 0 Å². The lowest BCUT2D eigenvalue weighted by Crippen LogP contribution is -2.46.